The maximum atomic E-state index is 3.76. The summed E-state index contributed by atoms with van der Waals surface area (Å²) in [6.45, 7) is 7.73. The van der Waals surface area contributed by atoms with Crippen LogP contribution in [-0.2, 0) is 13.1 Å². The molecule has 2 unspecified atom stereocenters. The van der Waals surface area contributed by atoms with Crippen molar-refractivity contribution in [1.29, 1.82) is 0 Å². The Hall–Kier alpha value is -1.32. The highest BCUT2D eigenvalue weighted by Crippen LogP contribution is 2.27. The molecule has 0 aliphatic carbocycles. The summed E-state index contributed by atoms with van der Waals surface area (Å²) in [6, 6.07) is 13.8. The van der Waals surface area contributed by atoms with E-state index in [-0.39, 0.29) is 0 Å². The fraction of sp³-hybridized carbons (Fsp3) is 0.444. The van der Waals surface area contributed by atoms with Crippen LogP contribution in [0.5, 0.6) is 0 Å². The van der Waals surface area contributed by atoms with Crippen molar-refractivity contribution in [3.05, 3.63) is 52.2 Å². The Morgan fingerprint density at radius 1 is 1.29 bits per heavy atom. The van der Waals surface area contributed by atoms with Gasteiger partial charge in [0.25, 0.3) is 0 Å². The van der Waals surface area contributed by atoms with E-state index in [0.717, 1.165) is 19.6 Å². The maximum absolute atomic E-state index is 3.76. The summed E-state index contributed by atoms with van der Waals surface area (Å²) in [6.07, 6.45) is 1.22. The summed E-state index contributed by atoms with van der Waals surface area (Å²) in [4.78, 5) is 3.99. The van der Waals surface area contributed by atoms with Crippen LogP contribution in [-0.4, -0.2) is 12.6 Å². The summed E-state index contributed by atoms with van der Waals surface area (Å²) in [5, 5.41) is 5.93. The molecule has 21 heavy (non-hydrogen) atoms. The summed E-state index contributed by atoms with van der Waals surface area (Å²) >= 11 is 1.85. The molecule has 2 nitrogen and oxygen atoms in total. The Kier molecular flexibility index (Phi) is 4.61. The number of nitrogens with one attached hydrogen (secondary N) is 1. The van der Waals surface area contributed by atoms with Gasteiger partial charge in [-0.05, 0) is 29.0 Å². The van der Waals surface area contributed by atoms with Gasteiger partial charge in [-0.15, -0.1) is 11.3 Å². The predicted octanol–water partition coefficient (Wildman–Crippen LogP) is 4.27. The monoisotopic (exact) mass is 300 g/mol. The molecule has 1 N–H and O–H groups in total. The van der Waals surface area contributed by atoms with E-state index in [1.807, 2.05) is 11.3 Å². The highest BCUT2D eigenvalue weighted by atomic mass is 32.1. The van der Waals surface area contributed by atoms with Crippen LogP contribution in [0.1, 0.15) is 30.7 Å². The standard InChI is InChI=1S/C18H24N2S/c1-3-14(2)17-13-20(12-16-8-6-10-21-16)18-9-5-4-7-15(18)11-19-17/h4-10,14,17,19H,3,11-13H2,1-2H3. The number of anilines is 1. The van der Waals surface area contributed by atoms with Crippen LogP contribution in [0.25, 0.3) is 0 Å². The molecule has 112 valence electrons. The van der Waals surface area contributed by atoms with Crippen LogP contribution >= 0.6 is 11.3 Å². The van der Waals surface area contributed by atoms with E-state index in [9.17, 15) is 0 Å². The molecule has 1 aliphatic heterocycles. The highest BCUT2D eigenvalue weighted by Gasteiger charge is 2.24. The molecule has 3 rings (SSSR count). The van der Waals surface area contributed by atoms with Crippen molar-refractivity contribution >= 4 is 17.0 Å². The second-order valence-electron chi connectivity index (χ2n) is 5.96. The summed E-state index contributed by atoms with van der Waals surface area (Å²) < 4.78 is 0. The molecule has 0 spiro atoms. The second kappa shape index (κ2) is 6.63. The Balaban J connectivity index is 1.88. The van der Waals surface area contributed by atoms with Gasteiger partial charge in [0.2, 0.25) is 0 Å². The number of nitrogens with zero attached hydrogens (tertiary/aromatic N) is 1. The molecule has 2 aromatic rings. The smallest absolute Gasteiger partial charge is 0.0523 e. The highest BCUT2D eigenvalue weighted by molar-refractivity contribution is 7.09. The molecule has 1 aromatic carbocycles. The zero-order chi connectivity index (χ0) is 14.7. The zero-order valence-corrected chi connectivity index (χ0v) is 13.7. The first kappa shape index (κ1) is 14.6. The first-order chi connectivity index (χ1) is 10.3. The van der Waals surface area contributed by atoms with Gasteiger partial charge < -0.3 is 10.2 Å². The summed E-state index contributed by atoms with van der Waals surface area (Å²) in [7, 11) is 0. The maximum Gasteiger partial charge on any atom is 0.0523 e. The van der Waals surface area contributed by atoms with Gasteiger partial charge in [-0.3, -0.25) is 0 Å². The largest absolute Gasteiger partial charge is 0.365 e. The lowest BCUT2D eigenvalue weighted by atomic mass is 9.99. The normalized spacial score (nSPS) is 19.9. The van der Waals surface area contributed by atoms with Gasteiger partial charge >= 0.3 is 0 Å². The minimum Gasteiger partial charge on any atom is -0.365 e. The van der Waals surface area contributed by atoms with Gasteiger partial charge in [0.05, 0.1) is 6.54 Å². The molecule has 2 heterocycles. The van der Waals surface area contributed by atoms with E-state index >= 15 is 0 Å². The number of thiophene rings is 1. The Morgan fingerprint density at radius 2 is 2.14 bits per heavy atom. The minimum atomic E-state index is 0.558. The third kappa shape index (κ3) is 3.30. The number of para-hydroxylation sites is 1. The third-order valence-corrected chi connectivity index (χ3v) is 5.42. The molecule has 0 bridgehead atoms. The van der Waals surface area contributed by atoms with E-state index < -0.39 is 0 Å². The van der Waals surface area contributed by atoms with E-state index in [1.165, 1.54) is 22.5 Å². The lowest BCUT2D eigenvalue weighted by Gasteiger charge is -2.30. The third-order valence-electron chi connectivity index (χ3n) is 4.56. The summed E-state index contributed by atoms with van der Waals surface area (Å²) in [5.41, 5.74) is 2.81. The molecule has 0 amide bonds. The van der Waals surface area contributed by atoms with E-state index in [4.69, 9.17) is 0 Å². The number of hydrogen-bond acceptors (Lipinski definition) is 3. The van der Waals surface area contributed by atoms with Gasteiger partial charge in [-0.25, -0.2) is 0 Å². The molecule has 1 aliphatic rings. The molecule has 0 radical (unpaired) electrons. The van der Waals surface area contributed by atoms with Crippen molar-refractivity contribution in [2.24, 2.45) is 5.92 Å². The average Bonchev–Trinajstić information content (AvgIpc) is 2.95. The van der Waals surface area contributed by atoms with Crippen molar-refractivity contribution in [1.82, 2.24) is 5.32 Å². The molecule has 0 saturated heterocycles. The molecule has 3 heteroatoms. The second-order valence-corrected chi connectivity index (χ2v) is 6.99. The minimum absolute atomic E-state index is 0.558. The lowest BCUT2D eigenvalue weighted by Crippen LogP contribution is -2.42. The fourth-order valence-electron chi connectivity index (χ4n) is 3.02. The van der Waals surface area contributed by atoms with Crippen LogP contribution in [0.15, 0.2) is 41.8 Å². The number of fused-ring (bicyclic) bond motifs is 1. The Morgan fingerprint density at radius 3 is 2.90 bits per heavy atom. The van der Waals surface area contributed by atoms with Gasteiger partial charge in [-0.2, -0.15) is 0 Å². The summed E-state index contributed by atoms with van der Waals surface area (Å²) in [5.74, 6) is 0.699. The van der Waals surface area contributed by atoms with Gasteiger partial charge in [0.1, 0.15) is 0 Å². The van der Waals surface area contributed by atoms with Crippen molar-refractivity contribution in [3.8, 4) is 0 Å². The van der Waals surface area contributed by atoms with E-state index in [2.05, 4.69) is 65.8 Å². The quantitative estimate of drug-likeness (QED) is 0.907. The van der Waals surface area contributed by atoms with Crippen molar-refractivity contribution in [2.75, 3.05) is 11.4 Å². The SMILES string of the molecule is CCC(C)C1CN(Cc2cccs2)c2ccccc2CN1. The van der Waals surface area contributed by atoms with Crippen LogP contribution < -0.4 is 10.2 Å². The zero-order valence-electron chi connectivity index (χ0n) is 12.9. The fourth-order valence-corrected chi connectivity index (χ4v) is 3.74. The first-order valence-electron chi connectivity index (χ1n) is 7.86. The number of rotatable bonds is 4. The predicted molar refractivity (Wildman–Crippen MR) is 91.9 cm³/mol. The number of hydrogen-bond donors (Lipinski definition) is 1. The van der Waals surface area contributed by atoms with Crippen LogP contribution in [0, 0.1) is 5.92 Å². The van der Waals surface area contributed by atoms with Crippen LogP contribution in [0.2, 0.25) is 0 Å². The molecule has 0 fully saturated rings. The molecule has 1 aromatic heterocycles. The number of benzene rings is 1. The first-order valence-corrected chi connectivity index (χ1v) is 8.74. The van der Waals surface area contributed by atoms with Crippen molar-refractivity contribution in [2.45, 2.75) is 39.4 Å². The van der Waals surface area contributed by atoms with Gasteiger partial charge in [0, 0.05) is 29.7 Å². The van der Waals surface area contributed by atoms with Crippen molar-refractivity contribution in [3.63, 3.8) is 0 Å². The average molecular weight is 300 g/mol. The van der Waals surface area contributed by atoms with E-state index in [0.29, 0.717) is 12.0 Å². The van der Waals surface area contributed by atoms with Gasteiger partial charge in [-0.1, -0.05) is 44.5 Å². The van der Waals surface area contributed by atoms with E-state index in [1.54, 1.807) is 0 Å². The lowest BCUT2D eigenvalue weighted by molar-refractivity contribution is 0.370. The Labute approximate surface area is 131 Å². The van der Waals surface area contributed by atoms with Crippen LogP contribution in [0.4, 0.5) is 5.69 Å². The van der Waals surface area contributed by atoms with Crippen LogP contribution in [0.3, 0.4) is 0 Å². The van der Waals surface area contributed by atoms with Gasteiger partial charge in [0.15, 0.2) is 0 Å². The molecule has 2 atom stereocenters. The molecule has 0 saturated carbocycles. The Bertz CT molecular complexity index is 564. The van der Waals surface area contributed by atoms with Crippen molar-refractivity contribution < 1.29 is 0 Å². The molecular formula is C18H24N2S. The molecular weight excluding hydrogens is 276 g/mol. The topological polar surface area (TPSA) is 15.3 Å².